The summed E-state index contributed by atoms with van der Waals surface area (Å²) in [5.74, 6) is -5.86. The molecule has 198 valence electrons. The number of carbonyl (C=O) groups excluding carboxylic acids is 2. The zero-order valence-electron chi connectivity index (χ0n) is 21.0. The molecule has 0 bridgehead atoms. The molecule has 0 atom stereocenters. The Kier molecular flexibility index (Phi) is 6.91. The van der Waals surface area contributed by atoms with Crippen molar-refractivity contribution in [1.82, 2.24) is 10.2 Å². The number of hydrogen-bond acceptors (Lipinski definition) is 4. The minimum atomic E-state index is -1.47. The van der Waals surface area contributed by atoms with Gasteiger partial charge < -0.3 is 15.4 Å². The zero-order valence-corrected chi connectivity index (χ0v) is 21.0. The predicted octanol–water partition coefficient (Wildman–Crippen LogP) is 5.27. The van der Waals surface area contributed by atoms with Crippen LogP contribution in [0.3, 0.4) is 0 Å². The minimum absolute atomic E-state index is 0.0142. The lowest BCUT2D eigenvalue weighted by Crippen LogP contribution is -2.53. The van der Waals surface area contributed by atoms with E-state index >= 15 is 0 Å². The molecule has 2 saturated heterocycles. The summed E-state index contributed by atoms with van der Waals surface area (Å²) >= 11 is 0. The van der Waals surface area contributed by atoms with Crippen LogP contribution in [0.5, 0.6) is 5.75 Å². The van der Waals surface area contributed by atoms with Crippen LogP contribution in [-0.2, 0) is 10.3 Å². The average molecular weight is 516 g/mol. The van der Waals surface area contributed by atoms with Crippen molar-refractivity contribution in [3.8, 4) is 5.75 Å². The van der Waals surface area contributed by atoms with Gasteiger partial charge in [0.2, 0.25) is 11.7 Å². The molecule has 0 radical (unpaired) electrons. The molecule has 3 aliphatic rings. The summed E-state index contributed by atoms with van der Waals surface area (Å²) in [6.45, 7) is 3.57. The second-order valence-corrected chi connectivity index (χ2v) is 10.4. The molecule has 2 amide bonds. The van der Waals surface area contributed by atoms with E-state index in [1.54, 1.807) is 12.1 Å². The quantitative estimate of drug-likeness (QED) is 0.470. The number of nitrogens with zero attached hydrogens (tertiary/aromatic N) is 1. The van der Waals surface area contributed by atoms with E-state index < -0.39 is 40.2 Å². The molecule has 5 rings (SSSR count). The molecule has 0 unspecified atom stereocenters. The number of ether oxygens (including phenoxy) is 1. The first kappa shape index (κ1) is 25.6. The molecule has 2 aromatic carbocycles. The summed E-state index contributed by atoms with van der Waals surface area (Å²) in [5, 5.41) is 5.84. The van der Waals surface area contributed by atoms with Gasteiger partial charge in [0.05, 0.1) is 17.7 Å². The maximum absolute atomic E-state index is 14.6. The van der Waals surface area contributed by atoms with Gasteiger partial charge in [-0.05, 0) is 88.7 Å². The highest BCUT2D eigenvalue weighted by atomic mass is 19.2. The van der Waals surface area contributed by atoms with Crippen molar-refractivity contribution in [3.05, 3.63) is 58.9 Å². The molecule has 9 heteroatoms. The average Bonchev–Trinajstić information content (AvgIpc) is 3.41. The van der Waals surface area contributed by atoms with Gasteiger partial charge in [-0.2, -0.15) is 4.39 Å². The van der Waals surface area contributed by atoms with E-state index in [0.29, 0.717) is 18.2 Å². The summed E-state index contributed by atoms with van der Waals surface area (Å²) in [6, 6.07) is 7.51. The van der Waals surface area contributed by atoms with Crippen molar-refractivity contribution in [2.24, 2.45) is 0 Å². The maximum atomic E-state index is 14.6. The Labute approximate surface area is 214 Å². The maximum Gasteiger partial charge on any atom is 0.258 e. The summed E-state index contributed by atoms with van der Waals surface area (Å²) in [7, 11) is 0. The van der Waals surface area contributed by atoms with Gasteiger partial charge in [-0.25, -0.2) is 8.78 Å². The van der Waals surface area contributed by atoms with Crippen LogP contribution in [0.1, 0.15) is 74.2 Å². The summed E-state index contributed by atoms with van der Waals surface area (Å²) < 4.78 is 47.3. The summed E-state index contributed by atoms with van der Waals surface area (Å²) in [5.41, 5.74) is 0.233. The van der Waals surface area contributed by atoms with Gasteiger partial charge in [-0.1, -0.05) is 12.1 Å². The van der Waals surface area contributed by atoms with Crippen molar-refractivity contribution in [2.45, 2.75) is 69.4 Å². The minimum Gasteiger partial charge on any atom is -0.488 e. The third-order valence-corrected chi connectivity index (χ3v) is 8.23. The zero-order chi connectivity index (χ0) is 26.2. The van der Waals surface area contributed by atoms with Crippen LogP contribution in [0.4, 0.5) is 18.9 Å². The molecule has 1 aliphatic carbocycles. The lowest BCUT2D eigenvalue weighted by Gasteiger charge is -2.44. The molecule has 0 spiro atoms. The van der Waals surface area contributed by atoms with Crippen molar-refractivity contribution in [1.29, 1.82) is 0 Å². The van der Waals surface area contributed by atoms with Gasteiger partial charge in [0.25, 0.3) is 5.91 Å². The highest BCUT2D eigenvalue weighted by Crippen LogP contribution is 2.44. The van der Waals surface area contributed by atoms with E-state index in [4.69, 9.17) is 4.74 Å². The Hall–Kier alpha value is -3.07. The number of hydrogen-bond donors (Lipinski definition) is 2. The van der Waals surface area contributed by atoms with E-state index in [9.17, 15) is 22.8 Å². The van der Waals surface area contributed by atoms with Gasteiger partial charge >= 0.3 is 0 Å². The van der Waals surface area contributed by atoms with Crippen LogP contribution < -0.4 is 15.4 Å². The lowest BCUT2D eigenvalue weighted by atomic mass is 9.71. The fourth-order valence-corrected chi connectivity index (χ4v) is 6.23. The molecule has 2 aromatic rings. The Bertz CT molecular complexity index is 1190. The van der Waals surface area contributed by atoms with Gasteiger partial charge in [0, 0.05) is 17.6 Å². The van der Waals surface area contributed by atoms with E-state index in [1.807, 2.05) is 12.1 Å². The van der Waals surface area contributed by atoms with Crippen LogP contribution in [0.2, 0.25) is 0 Å². The van der Waals surface area contributed by atoms with Gasteiger partial charge in [0.1, 0.15) is 0 Å². The van der Waals surface area contributed by atoms with Gasteiger partial charge in [-0.15, -0.1) is 0 Å². The number of amides is 2. The molecule has 37 heavy (non-hydrogen) atoms. The van der Waals surface area contributed by atoms with Crippen LogP contribution in [0, 0.1) is 17.5 Å². The highest BCUT2D eigenvalue weighted by molar-refractivity contribution is 6.04. The van der Waals surface area contributed by atoms with Crippen molar-refractivity contribution in [2.75, 3.05) is 25.0 Å². The number of nitrogens with one attached hydrogen (secondary N) is 2. The molecule has 2 heterocycles. The second kappa shape index (κ2) is 10.0. The van der Waals surface area contributed by atoms with E-state index in [-0.39, 0.29) is 18.1 Å². The summed E-state index contributed by atoms with van der Waals surface area (Å²) in [4.78, 5) is 28.3. The number of rotatable bonds is 8. The molecular formula is C28H32F3N3O3. The Morgan fingerprint density at radius 2 is 1.65 bits per heavy atom. The lowest BCUT2D eigenvalue weighted by molar-refractivity contribution is -0.126. The fraction of sp³-hybridized carbons (Fsp3) is 0.500. The van der Waals surface area contributed by atoms with E-state index in [0.717, 1.165) is 63.6 Å². The van der Waals surface area contributed by atoms with Gasteiger partial charge in [-0.3, -0.25) is 14.5 Å². The normalized spacial score (nSPS) is 19.7. The van der Waals surface area contributed by atoms with Crippen LogP contribution >= 0.6 is 0 Å². The standard InChI is InChI=1S/C28H32F3N3O3/c1-2-37-25-23(30)20(16-21(29)24(25)31)26(36)32-19-8-6-18(7-9-19)28(12-3-13-28)33-22(35)17-27-10-4-14-34(27)15-5-11-27/h6-9,16H,2-5,10-15,17H2,1H3,(H,32,36)(H,33,35). The van der Waals surface area contributed by atoms with Gasteiger partial charge in [0.15, 0.2) is 17.4 Å². The number of halogens is 3. The second-order valence-electron chi connectivity index (χ2n) is 10.4. The van der Waals surface area contributed by atoms with Crippen LogP contribution in [0.15, 0.2) is 30.3 Å². The van der Waals surface area contributed by atoms with Crippen molar-refractivity contribution < 1.29 is 27.5 Å². The van der Waals surface area contributed by atoms with E-state index in [1.165, 1.54) is 6.92 Å². The fourth-order valence-electron chi connectivity index (χ4n) is 6.23. The molecular weight excluding hydrogens is 483 g/mol. The molecule has 3 fully saturated rings. The third-order valence-electron chi connectivity index (χ3n) is 8.23. The largest absolute Gasteiger partial charge is 0.488 e. The monoisotopic (exact) mass is 515 g/mol. The molecule has 6 nitrogen and oxygen atoms in total. The van der Waals surface area contributed by atoms with Crippen LogP contribution in [0.25, 0.3) is 0 Å². The Morgan fingerprint density at radius 3 is 2.24 bits per heavy atom. The van der Waals surface area contributed by atoms with E-state index in [2.05, 4.69) is 15.5 Å². The smallest absolute Gasteiger partial charge is 0.258 e. The first-order valence-electron chi connectivity index (χ1n) is 13.1. The first-order valence-corrected chi connectivity index (χ1v) is 13.1. The third kappa shape index (κ3) is 4.69. The number of carbonyl (C=O) groups is 2. The number of benzene rings is 2. The molecule has 1 saturated carbocycles. The molecule has 0 aromatic heterocycles. The van der Waals surface area contributed by atoms with Crippen LogP contribution in [-0.4, -0.2) is 41.9 Å². The van der Waals surface area contributed by atoms with Crippen molar-refractivity contribution >= 4 is 17.5 Å². The number of anilines is 1. The SMILES string of the molecule is CCOc1c(F)c(F)cc(C(=O)Nc2ccc(C3(NC(=O)CC45CCCN4CCC5)CCC3)cc2)c1F. The highest BCUT2D eigenvalue weighted by Gasteiger charge is 2.47. The predicted molar refractivity (Wildman–Crippen MR) is 133 cm³/mol. The summed E-state index contributed by atoms with van der Waals surface area (Å²) in [6.07, 6.45) is 7.64. The van der Waals surface area contributed by atoms with Crippen molar-refractivity contribution in [3.63, 3.8) is 0 Å². The first-order chi connectivity index (χ1) is 17.8. The Balaban J connectivity index is 1.27. The Morgan fingerprint density at radius 1 is 0.973 bits per heavy atom. The molecule has 2 N–H and O–H groups in total. The molecule has 2 aliphatic heterocycles. The number of fused-ring (bicyclic) bond motifs is 1. The topological polar surface area (TPSA) is 70.7 Å².